The highest BCUT2D eigenvalue weighted by Gasteiger charge is 2.54. The summed E-state index contributed by atoms with van der Waals surface area (Å²) in [4.78, 5) is 50.8. The lowest BCUT2D eigenvalue weighted by Crippen LogP contribution is -2.49. The van der Waals surface area contributed by atoms with Crippen molar-refractivity contribution in [2.45, 2.75) is 35.9 Å². The Morgan fingerprint density at radius 3 is 0.812 bits per heavy atom. The van der Waals surface area contributed by atoms with E-state index in [0.717, 1.165) is 0 Å². The number of hydrogen-bond acceptors (Lipinski definition) is 6. The van der Waals surface area contributed by atoms with E-state index < -0.39 is 59.8 Å². The fourth-order valence-electron chi connectivity index (χ4n) is 6.84. The second-order valence-corrected chi connectivity index (χ2v) is 14.9. The van der Waals surface area contributed by atoms with Crippen molar-refractivity contribution in [1.82, 2.24) is 0 Å². The van der Waals surface area contributed by atoms with Gasteiger partial charge >= 0.3 is 23.9 Å². The van der Waals surface area contributed by atoms with Crippen molar-refractivity contribution >= 4 is 87.6 Å². The van der Waals surface area contributed by atoms with Crippen LogP contribution >= 0.6 is 63.7 Å². The number of rotatable bonds is 8. The van der Waals surface area contributed by atoms with Crippen LogP contribution in [0.15, 0.2) is 90.7 Å². The number of benzene rings is 4. The molecule has 48 heavy (non-hydrogen) atoms. The monoisotopic (exact) mass is 908 g/mol. The highest BCUT2D eigenvalue weighted by molar-refractivity contribution is 9.11. The Bertz CT molecular complexity index is 1840. The van der Waals surface area contributed by atoms with Crippen LogP contribution in [0.2, 0.25) is 0 Å². The Kier molecular flexibility index (Phi) is 10.6. The molecule has 0 unspecified atom stereocenters. The van der Waals surface area contributed by atoms with Crippen molar-refractivity contribution in [3.8, 4) is 0 Å². The smallest absolute Gasteiger partial charge is 0.335 e. The molecule has 0 aromatic heterocycles. The first-order chi connectivity index (χ1) is 22.6. The third kappa shape index (κ3) is 6.74. The Morgan fingerprint density at radius 2 is 0.604 bits per heavy atom. The van der Waals surface area contributed by atoms with E-state index in [1.165, 1.54) is 72.8 Å². The fourth-order valence-corrected chi connectivity index (χ4v) is 8.36. The molecule has 5 rings (SSSR count). The summed E-state index contributed by atoms with van der Waals surface area (Å²) in [5.74, 6) is -10.7. The van der Waals surface area contributed by atoms with E-state index in [1.807, 2.05) is 0 Å². The predicted octanol–water partition coefficient (Wildman–Crippen LogP) is 7.70. The minimum Gasteiger partial charge on any atom is -0.478 e. The number of halogens is 4. The molecule has 0 heterocycles. The van der Waals surface area contributed by atoms with Crippen molar-refractivity contribution in [1.29, 1.82) is 0 Å². The summed E-state index contributed by atoms with van der Waals surface area (Å²) in [6, 6.07) is 17.1. The molecule has 0 bridgehead atoms. The molecular formula is C34H24Br4O10. The zero-order chi connectivity index (χ0) is 35.2. The fraction of sp³-hybridized carbons (Fsp3) is 0.176. The standard InChI is InChI=1S/C34H24Br4O10/c35-13-1-5-17(31(41)42)21(9-13)25-26(22-10-14(36)2-6-18(22)32(43)44)28(24-12-16(38)4-8-20(24)34(47)48)30(40)29(39)27(25)23-11-15(37)3-7-19(23)33(45)46/h1-12,25-30,39-40H,(H,41,42)(H,43,44)(H,45,46)(H,47,48)/t25-,26+,27-,28+,29-,30+. The van der Waals surface area contributed by atoms with Gasteiger partial charge in [0, 0.05) is 41.6 Å². The summed E-state index contributed by atoms with van der Waals surface area (Å²) in [6.07, 6.45) is -3.63. The zero-order valence-electron chi connectivity index (χ0n) is 24.2. The van der Waals surface area contributed by atoms with Gasteiger partial charge in [-0.25, -0.2) is 19.2 Å². The van der Waals surface area contributed by atoms with E-state index in [-0.39, 0.29) is 44.5 Å². The molecule has 6 atom stereocenters. The van der Waals surface area contributed by atoms with Crippen molar-refractivity contribution < 1.29 is 49.8 Å². The Morgan fingerprint density at radius 1 is 0.396 bits per heavy atom. The van der Waals surface area contributed by atoms with E-state index in [9.17, 15) is 49.8 Å². The normalized spacial score (nSPS) is 22.2. The summed E-state index contributed by atoms with van der Waals surface area (Å²) >= 11 is 13.5. The molecule has 1 fully saturated rings. The number of aromatic carboxylic acids is 4. The summed E-state index contributed by atoms with van der Waals surface area (Å²) in [7, 11) is 0. The molecule has 6 N–H and O–H groups in total. The molecule has 4 aromatic carbocycles. The summed E-state index contributed by atoms with van der Waals surface area (Å²) in [5.41, 5.74) is -0.709. The average Bonchev–Trinajstić information content (AvgIpc) is 3.01. The van der Waals surface area contributed by atoms with Crippen LogP contribution in [0, 0.1) is 0 Å². The molecule has 1 aliphatic rings. The minimum atomic E-state index is -1.81. The lowest BCUT2D eigenvalue weighted by molar-refractivity contribution is -0.0521. The van der Waals surface area contributed by atoms with Gasteiger partial charge in [0.1, 0.15) is 0 Å². The second-order valence-electron chi connectivity index (χ2n) is 11.2. The van der Waals surface area contributed by atoms with Gasteiger partial charge in [0.25, 0.3) is 0 Å². The largest absolute Gasteiger partial charge is 0.478 e. The Labute approximate surface area is 306 Å². The number of carboxylic acid groups (broad SMARTS) is 4. The first kappa shape index (κ1) is 35.9. The van der Waals surface area contributed by atoms with Crippen LogP contribution in [-0.4, -0.2) is 66.7 Å². The van der Waals surface area contributed by atoms with Crippen LogP contribution in [0.25, 0.3) is 0 Å². The minimum absolute atomic E-state index is 0.0350. The van der Waals surface area contributed by atoms with Gasteiger partial charge in [-0.05, 0) is 95.1 Å². The van der Waals surface area contributed by atoms with Gasteiger partial charge in [0.2, 0.25) is 0 Å². The Balaban J connectivity index is 2.02. The summed E-state index contributed by atoms with van der Waals surface area (Å²) in [5, 5.41) is 65.6. The van der Waals surface area contributed by atoms with Gasteiger partial charge in [0.15, 0.2) is 0 Å². The van der Waals surface area contributed by atoms with Crippen LogP contribution in [0.5, 0.6) is 0 Å². The lowest BCUT2D eigenvalue weighted by Gasteiger charge is -2.50. The van der Waals surface area contributed by atoms with Gasteiger partial charge in [-0.2, -0.15) is 0 Å². The van der Waals surface area contributed by atoms with Gasteiger partial charge in [-0.15, -0.1) is 0 Å². The van der Waals surface area contributed by atoms with Crippen LogP contribution in [0.4, 0.5) is 0 Å². The predicted molar refractivity (Wildman–Crippen MR) is 187 cm³/mol. The van der Waals surface area contributed by atoms with Crippen LogP contribution in [-0.2, 0) is 0 Å². The number of hydrogen-bond donors (Lipinski definition) is 6. The molecule has 14 heteroatoms. The quantitative estimate of drug-likeness (QED) is 0.102. The Hall–Kier alpha value is -3.40. The zero-order valence-corrected chi connectivity index (χ0v) is 30.6. The first-order valence-corrected chi connectivity index (χ1v) is 17.3. The van der Waals surface area contributed by atoms with Gasteiger partial charge < -0.3 is 30.6 Å². The molecule has 10 nitrogen and oxygen atoms in total. The van der Waals surface area contributed by atoms with Crippen LogP contribution in [0.1, 0.15) is 87.4 Å². The summed E-state index contributed by atoms with van der Waals surface area (Å²) < 4.78 is 1.68. The number of carbonyl (C=O) groups is 4. The van der Waals surface area contributed by atoms with Crippen molar-refractivity contribution in [2.75, 3.05) is 0 Å². The average molecular weight is 912 g/mol. The highest BCUT2D eigenvalue weighted by atomic mass is 79.9. The van der Waals surface area contributed by atoms with E-state index >= 15 is 0 Å². The maximum atomic E-state index is 12.8. The van der Waals surface area contributed by atoms with Gasteiger partial charge in [0.05, 0.1) is 34.5 Å². The third-order valence-corrected chi connectivity index (χ3v) is 10.6. The molecule has 0 aliphatic heterocycles. The topological polar surface area (TPSA) is 190 Å². The lowest BCUT2D eigenvalue weighted by atomic mass is 9.55. The number of aliphatic hydroxyl groups excluding tert-OH is 2. The molecule has 0 spiro atoms. The third-order valence-electron chi connectivity index (χ3n) is 8.66. The molecule has 4 aromatic rings. The molecule has 248 valence electrons. The molecule has 0 radical (unpaired) electrons. The maximum Gasteiger partial charge on any atom is 0.335 e. The SMILES string of the molecule is O=C(O)c1ccc(Br)cc1[C@@H]1[C@H](c2cc(Br)ccc2C(=O)O)[C@H](c2cc(Br)ccc2C(=O)O)[C@H](O)[C@H](O)[C@@H]1c1cc(Br)ccc1C(=O)O. The first-order valence-electron chi connectivity index (χ1n) is 14.1. The van der Waals surface area contributed by atoms with Crippen molar-refractivity contribution in [3.05, 3.63) is 135 Å². The van der Waals surface area contributed by atoms with E-state index in [1.54, 1.807) is 0 Å². The maximum absolute atomic E-state index is 12.8. The molecule has 0 saturated heterocycles. The van der Waals surface area contributed by atoms with Crippen molar-refractivity contribution in [3.63, 3.8) is 0 Å². The van der Waals surface area contributed by atoms with Crippen molar-refractivity contribution in [2.24, 2.45) is 0 Å². The molecule has 1 aliphatic carbocycles. The number of carboxylic acids is 4. The van der Waals surface area contributed by atoms with E-state index in [0.29, 0.717) is 17.9 Å². The van der Waals surface area contributed by atoms with Crippen LogP contribution < -0.4 is 0 Å². The van der Waals surface area contributed by atoms with Gasteiger partial charge in [-0.1, -0.05) is 63.7 Å². The molecule has 1 saturated carbocycles. The molecule has 0 amide bonds. The van der Waals surface area contributed by atoms with E-state index in [2.05, 4.69) is 63.7 Å². The van der Waals surface area contributed by atoms with Gasteiger partial charge in [-0.3, -0.25) is 0 Å². The summed E-state index contributed by atoms with van der Waals surface area (Å²) in [6.45, 7) is 0. The second kappa shape index (κ2) is 14.2. The number of aliphatic hydroxyl groups is 2. The highest BCUT2D eigenvalue weighted by Crippen LogP contribution is 2.60. The molecular weight excluding hydrogens is 888 g/mol. The van der Waals surface area contributed by atoms with Crippen LogP contribution in [0.3, 0.4) is 0 Å². The van der Waals surface area contributed by atoms with E-state index in [4.69, 9.17) is 0 Å².